The zero-order valence-electron chi connectivity index (χ0n) is 15.8. The quantitative estimate of drug-likeness (QED) is 0.735. The number of hydrogen-bond acceptors (Lipinski definition) is 5. The third kappa shape index (κ3) is 4.78. The van der Waals surface area contributed by atoms with E-state index in [-0.39, 0.29) is 5.91 Å². The lowest BCUT2D eigenvalue weighted by molar-refractivity contribution is -0.126. The summed E-state index contributed by atoms with van der Waals surface area (Å²) in [7, 11) is 1.61. The highest BCUT2D eigenvalue weighted by Crippen LogP contribution is 2.28. The van der Waals surface area contributed by atoms with E-state index in [4.69, 9.17) is 9.47 Å². The van der Waals surface area contributed by atoms with Gasteiger partial charge in [-0.25, -0.2) is 4.98 Å². The summed E-state index contributed by atoms with van der Waals surface area (Å²) in [5.41, 5.74) is 0.899. The van der Waals surface area contributed by atoms with Gasteiger partial charge in [-0.05, 0) is 42.8 Å². The number of carbonyl (C=O) groups excluding carboxylic acids is 1. The van der Waals surface area contributed by atoms with Crippen LogP contribution in [0.15, 0.2) is 48.7 Å². The minimum atomic E-state index is 0.0172. The third-order valence-corrected chi connectivity index (χ3v) is 4.47. The fourth-order valence-electron chi connectivity index (χ4n) is 3.03. The summed E-state index contributed by atoms with van der Waals surface area (Å²) < 4.78 is 10.9. The number of amides is 1. The molecule has 1 fully saturated rings. The number of rotatable bonds is 6. The summed E-state index contributed by atoms with van der Waals surface area (Å²) >= 11 is 0. The lowest BCUT2D eigenvalue weighted by Crippen LogP contribution is -2.48. The van der Waals surface area contributed by atoms with Crippen LogP contribution >= 0.6 is 0 Å². The van der Waals surface area contributed by atoms with Crippen molar-refractivity contribution in [2.45, 2.75) is 6.92 Å². The molecule has 2 heterocycles. The van der Waals surface area contributed by atoms with Crippen LogP contribution in [0.2, 0.25) is 0 Å². The van der Waals surface area contributed by atoms with Crippen molar-refractivity contribution in [1.82, 2.24) is 9.88 Å². The van der Waals surface area contributed by atoms with Crippen LogP contribution in [0.25, 0.3) is 6.08 Å². The molecule has 0 radical (unpaired) electrons. The van der Waals surface area contributed by atoms with Gasteiger partial charge >= 0.3 is 0 Å². The lowest BCUT2D eigenvalue weighted by Gasteiger charge is -2.34. The molecule has 1 aromatic carbocycles. The molecule has 0 atom stereocenters. The molecule has 0 unspecified atom stereocenters. The van der Waals surface area contributed by atoms with Gasteiger partial charge in [0.1, 0.15) is 5.82 Å². The number of aromatic nitrogens is 1. The maximum absolute atomic E-state index is 12.5. The number of methoxy groups -OCH3 is 1. The van der Waals surface area contributed by atoms with Crippen LogP contribution in [0.5, 0.6) is 11.5 Å². The molecule has 6 heteroatoms. The van der Waals surface area contributed by atoms with Crippen molar-refractivity contribution in [3.63, 3.8) is 0 Å². The molecule has 27 heavy (non-hydrogen) atoms. The second-order valence-corrected chi connectivity index (χ2v) is 6.18. The van der Waals surface area contributed by atoms with Gasteiger partial charge in [0.25, 0.3) is 0 Å². The van der Waals surface area contributed by atoms with E-state index in [1.165, 1.54) is 0 Å². The molecule has 1 aromatic heterocycles. The number of pyridine rings is 1. The van der Waals surface area contributed by atoms with Crippen molar-refractivity contribution >= 4 is 17.8 Å². The van der Waals surface area contributed by atoms with Crippen LogP contribution in [-0.4, -0.2) is 55.7 Å². The molecule has 6 nitrogen and oxygen atoms in total. The van der Waals surface area contributed by atoms with E-state index in [9.17, 15) is 4.79 Å². The third-order valence-electron chi connectivity index (χ3n) is 4.47. The van der Waals surface area contributed by atoms with Crippen LogP contribution in [0.4, 0.5) is 5.82 Å². The molecular weight excluding hydrogens is 342 g/mol. The molecule has 2 aromatic rings. The van der Waals surface area contributed by atoms with Gasteiger partial charge in [-0.2, -0.15) is 0 Å². The number of ether oxygens (including phenoxy) is 2. The molecule has 1 saturated heterocycles. The van der Waals surface area contributed by atoms with Crippen LogP contribution < -0.4 is 14.4 Å². The molecule has 1 amide bonds. The first kappa shape index (κ1) is 18.8. The van der Waals surface area contributed by atoms with E-state index in [2.05, 4.69) is 9.88 Å². The summed E-state index contributed by atoms with van der Waals surface area (Å²) in [5, 5.41) is 0. The number of carbonyl (C=O) groups is 1. The van der Waals surface area contributed by atoms with E-state index in [0.29, 0.717) is 31.2 Å². The molecule has 3 rings (SSSR count). The average molecular weight is 367 g/mol. The molecule has 0 spiro atoms. The van der Waals surface area contributed by atoms with Gasteiger partial charge in [-0.1, -0.05) is 12.1 Å². The normalized spacial score (nSPS) is 14.4. The fraction of sp³-hybridized carbons (Fsp3) is 0.333. The Morgan fingerprint density at radius 3 is 2.63 bits per heavy atom. The van der Waals surface area contributed by atoms with Gasteiger partial charge in [0.2, 0.25) is 5.91 Å². The Kier molecular flexibility index (Phi) is 6.30. The molecule has 0 bridgehead atoms. The highest BCUT2D eigenvalue weighted by molar-refractivity contribution is 5.92. The van der Waals surface area contributed by atoms with Crippen LogP contribution in [0.3, 0.4) is 0 Å². The first-order valence-electron chi connectivity index (χ1n) is 9.15. The standard InChI is InChI=1S/C21H25N3O3/c1-3-27-18-9-7-17(16-19(18)26-2)8-10-21(25)24-14-12-23(13-15-24)20-6-4-5-11-22-20/h4-11,16H,3,12-15H2,1-2H3/b10-8+. The van der Waals surface area contributed by atoms with Crippen molar-refractivity contribution in [3.8, 4) is 11.5 Å². The average Bonchev–Trinajstić information content (AvgIpc) is 2.73. The van der Waals surface area contributed by atoms with Crippen LogP contribution in [0, 0.1) is 0 Å². The Labute approximate surface area is 160 Å². The largest absolute Gasteiger partial charge is 0.493 e. The van der Waals surface area contributed by atoms with Crippen molar-refractivity contribution in [1.29, 1.82) is 0 Å². The van der Waals surface area contributed by atoms with Gasteiger partial charge in [-0.15, -0.1) is 0 Å². The van der Waals surface area contributed by atoms with Gasteiger partial charge in [0.15, 0.2) is 11.5 Å². The molecule has 142 valence electrons. The maximum Gasteiger partial charge on any atom is 0.246 e. The number of anilines is 1. The Morgan fingerprint density at radius 2 is 1.96 bits per heavy atom. The predicted octanol–water partition coefficient (Wildman–Crippen LogP) is 2.85. The summed E-state index contributed by atoms with van der Waals surface area (Å²) in [6, 6.07) is 11.5. The first-order valence-corrected chi connectivity index (χ1v) is 9.15. The van der Waals surface area contributed by atoms with Crippen molar-refractivity contribution < 1.29 is 14.3 Å². The second-order valence-electron chi connectivity index (χ2n) is 6.18. The SMILES string of the molecule is CCOc1ccc(/C=C/C(=O)N2CCN(c3ccccn3)CC2)cc1OC. The molecule has 0 saturated carbocycles. The second kappa shape index (κ2) is 9.07. The Bertz CT molecular complexity index is 785. The van der Waals surface area contributed by atoms with Crippen LogP contribution in [0.1, 0.15) is 12.5 Å². The minimum Gasteiger partial charge on any atom is -0.493 e. The maximum atomic E-state index is 12.5. The topological polar surface area (TPSA) is 54.9 Å². The van der Waals surface area contributed by atoms with Crippen LogP contribution in [-0.2, 0) is 4.79 Å². The Hall–Kier alpha value is -3.02. The van der Waals surface area contributed by atoms with Gasteiger partial charge in [0.05, 0.1) is 13.7 Å². The molecule has 0 N–H and O–H groups in total. The zero-order valence-corrected chi connectivity index (χ0v) is 15.8. The van der Waals surface area contributed by atoms with Gasteiger partial charge in [0, 0.05) is 38.5 Å². The predicted molar refractivity (Wildman–Crippen MR) is 106 cm³/mol. The van der Waals surface area contributed by atoms with E-state index in [1.807, 2.05) is 54.3 Å². The molecule has 0 aliphatic carbocycles. The zero-order chi connectivity index (χ0) is 19.1. The number of nitrogens with zero attached hydrogens (tertiary/aromatic N) is 3. The Balaban J connectivity index is 1.58. The van der Waals surface area contributed by atoms with Crippen molar-refractivity contribution in [3.05, 3.63) is 54.2 Å². The monoisotopic (exact) mass is 367 g/mol. The molecular formula is C21H25N3O3. The summed E-state index contributed by atoms with van der Waals surface area (Å²) in [6.45, 7) is 5.45. The van der Waals surface area contributed by atoms with E-state index >= 15 is 0 Å². The summed E-state index contributed by atoms with van der Waals surface area (Å²) in [4.78, 5) is 20.9. The number of piperazine rings is 1. The molecule has 1 aliphatic rings. The first-order chi connectivity index (χ1) is 13.2. The van der Waals surface area contributed by atoms with Crippen molar-refractivity contribution in [2.75, 3.05) is 44.8 Å². The minimum absolute atomic E-state index is 0.0172. The summed E-state index contributed by atoms with van der Waals surface area (Å²) in [5.74, 6) is 2.34. The highest BCUT2D eigenvalue weighted by Gasteiger charge is 2.20. The van der Waals surface area contributed by atoms with Crippen molar-refractivity contribution in [2.24, 2.45) is 0 Å². The smallest absolute Gasteiger partial charge is 0.246 e. The van der Waals surface area contributed by atoms with E-state index in [1.54, 1.807) is 19.4 Å². The molecule has 1 aliphatic heterocycles. The van der Waals surface area contributed by atoms with Gasteiger partial charge in [-0.3, -0.25) is 4.79 Å². The van der Waals surface area contributed by atoms with E-state index in [0.717, 1.165) is 24.5 Å². The fourth-order valence-corrected chi connectivity index (χ4v) is 3.03. The lowest BCUT2D eigenvalue weighted by atomic mass is 10.2. The number of benzene rings is 1. The van der Waals surface area contributed by atoms with E-state index < -0.39 is 0 Å². The number of hydrogen-bond donors (Lipinski definition) is 0. The Morgan fingerprint density at radius 1 is 1.15 bits per heavy atom. The highest BCUT2D eigenvalue weighted by atomic mass is 16.5. The summed E-state index contributed by atoms with van der Waals surface area (Å²) in [6.07, 6.45) is 5.22. The van der Waals surface area contributed by atoms with Gasteiger partial charge < -0.3 is 19.3 Å².